The van der Waals surface area contributed by atoms with Crippen LogP contribution in [-0.2, 0) is 10.3 Å². The molecule has 0 bridgehead atoms. The molecule has 1 aliphatic heterocycles. The second-order valence-corrected chi connectivity index (χ2v) is 7.63. The van der Waals surface area contributed by atoms with E-state index in [4.69, 9.17) is 9.47 Å². The van der Waals surface area contributed by atoms with E-state index in [1.165, 1.54) is 4.90 Å². The van der Waals surface area contributed by atoms with Gasteiger partial charge in [-0.3, -0.25) is 9.69 Å². The molecule has 3 amide bonds. The van der Waals surface area contributed by atoms with Crippen molar-refractivity contribution in [1.82, 2.24) is 15.1 Å². The number of rotatable bonds is 10. The van der Waals surface area contributed by atoms with E-state index in [2.05, 4.69) is 24.1 Å². The Balaban J connectivity index is 2.05. The van der Waals surface area contributed by atoms with Gasteiger partial charge in [-0.1, -0.05) is 38.1 Å². The maximum absolute atomic E-state index is 13.8. The largest absolute Gasteiger partial charge is 0.497 e. The fourth-order valence-corrected chi connectivity index (χ4v) is 4.03. The molecule has 1 saturated heterocycles. The van der Waals surface area contributed by atoms with Crippen LogP contribution in [0.2, 0.25) is 0 Å². The Morgan fingerprint density at radius 2 is 1.29 bits per heavy atom. The third-order valence-corrected chi connectivity index (χ3v) is 5.57. The van der Waals surface area contributed by atoms with E-state index >= 15 is 0 Å². The fourth-order valence-electron chi connectivity index (χ4n) is 4.03. The number of imide groups is 1. The lowest BCUT2D eigenvalue weighted by molar-refractivity contribution is -0.131. The van der Waals surface area contributed by atoms with Gasteiger partial charge in [0.25, 0.3) is 5.91 Å². The van der Waals surface area contributed by atoms with Gasteiger partial charge in [-0.25, -0.2) is 9.69 Å². The smallest absolute Gasteiger partial charge is 0.326 e. The predicted octanol–water partition coefficient (Wildman–Crippen LogP) is 3.58. The van der Waals surface area contributed by atoms with Gasteiger partial charge in [0.15, 0.2) is 5.54 Å². The van der Waals surface area contributed by atoms with Crippen molar-refractivity contribution in [3.63, 3.8) is 0 Å². The van der Waals surface area contributed by atoms with Crippen molar-refractivity contribution in [3.8, 4) is 11.5 Å². The van der Waals surface area contributed by atoms with Crippen LogP contribution in [0, 0.1) is 0 Å². The highest BCUT2D eigenvalue weighted by Gasteiger charge is 2.54. The van der Waals surface area contributed by atoms with Crippen LogP contribution in [0.3, 0.4) is 0 Å². The first kappa shape index (κ1) is 22.6. The van der Waals surface area contributed by atoms with Gasteiger partial charge in [0.2, 0.25) is 0 Å². The molecule has 0 unspecified atom stereocenters. The number of nitrogens with zero attached hydrogens (tertiary/aromatic N) is 2. The monoisotopic (exact) mass is 425 g/mol. The maximum atomic E-state index is 13.8. The Kier molecular flexibility index (Phi) is 7.17. The Labute approximate surface area is 183 Å². The number of benzene rings is 2. The van der Waals surface area contributed by atoms with E-state index in [-0.39, 0.29) is 12.6 Å². The molecule has 0 spiro atoms. The number of nitrogens with one attached hydrogen (secondary N) is 1. The molecule has 0 atom stereocenters. The Bertz CT molecular complexity index is 843. The predicted molar refractivity (Wildman–Crippen MR) is 119 cm³/mol. The second kappa shape index (κ2) is 9.83. The highest BCUT2D eigenvalue weighted by atomic mass is 16.5. The number of carbonyl (C=O) groups is 2. The highest BCUT2D eigenvalue weighted by molar-refractivity contribution is 6.09. The number of urea groups is 1. The molecule has 0 saturated carbocycles. The first-order valence-corrected chi connectivity index (χ1v) is 10.7. The molecule has 0 aromatic heterocycles. The minimum absolute atomic E-state index is 0.264. The molecule has 7 nitrogen and oxygen atoms in total. The summed E-state index contributed by atoms with van der Waals surface area (Å²) in [5, 5.41) is 2.99. The van der Waals surface area contributed by atoms with Crippen molar-refractivity contribution in [1.29, 1.82) is 0 Å². The van der Waals surface area contributed by atoms with Gasteiger partial charge in [-0.15, -0.1) is 0 Å². The quantitative estimate of drug-likeness (QED) is 0.589. The van der Waals surface area contributed by atoms with Crippen LogP contribution in [0.5, 0.6) is 11.5 Å². The molecule has 1 N–H and O–H groups in total. The van der Waals surface area contributed by atoms with Gasteiger partial charge >= 0.3 is 6.03 Å². The van der Waals surface area contributed by atoms with E-state index in [0.717, 1.165) is 25.9 Å². The molecular weight excluding hydrogens is 394 g/mol. The average molecular weight is 426 g/mol. The molecule has 2 aromatic carbocycles. The van der Waals surface area contributed by atoms with Crippen molar-refractivity contribution in [2.45, 2.75) is 32.2 Å². The zero-order valence-corrected chi connectivity index (χ0v) is 18.7. The normalized spacial score (nSPS) is 15.3. The van der Waals surface area contributed by atoms with Crippen LogP contribution in [-0.4, -0.2) is 55.7 Å². The summed E-state index contributed by atoms with van der Waals surface area (Å²) in [5.41, 5.74) is 0.0494. The number of ether oxygens (including phenoxy) is 2. The first-order valence-electron chi connectivity index (χ1n) is 10.7. The zero-order valence-electron chi connectivity index (χ0n) is 18.7. The number of hydrogen-bond acceptors (Lipinski definition) is 5. The molecular formula is C24H31N3O4. The zero-order chi connectivity index (χ0) is 22.4. The third kappa shape index (κ3) is 4.37. The van der Waals surface area contributed by atoms with Crippen molar-refractivity contribution in [2.24, 2.45) is 0 Å². The van der Waals surface area contributed by atoms with Crippen LogP contribution in [0.1, 0.15) is 37.8 Å². The summed E-state index contributed by atoms with van der Waals surface area (Å²) in [6.07, 6.45) is 1.90. The van der Waals surface area contributed by atoms with Crippen molar-refractivity contribution < 1.29 is 19.1 Å². The number of amides is 3. The van der Waals surface area contributed by atoms with Gasteiger partial charge in [0.1, 0.15) is 11.5 Å². The van der Waals surface area contributed by atoms with Crippen molar-refractivity contribution in [3.05, 3.63) is 59.7 Å². The van der Waals surface area contributed by atoms with E-state index in [1.54, 1.807) is 38.5 Å². The number of carbonyl (C=O) groups excluding carboxylic acids is 2. The molecule has 166 valence electrons. The van der Waals surface area contributed by atoms with Crippen LogP contribution in [0.15, 0.2) is 48.5 Å². The standard InChI is InChI=1S/C24H31N3O4/c1-5-15-26(16-6-2)17-27-22(28)24(25-23(27)29,18-7-11-20(30-3)12-8-18)19-9-13-21(31-4)14-10-19/h7-14H,5-6,15-17H2,1-4H3,(H,25,29). The summed E-state index contributed by atoms with van der Waals surface area (Å²) in [6, 6.07) is 14.1. The molecule has 0 radical (unpaired) electrons. The van der Waals surface area contributed by atoms with Gasteiger partial charge in [0, 0.05) is 0 Å². The fraction of sp³-hybridized carbons (Fsp3) is 0.417. The molecule has 1 aliphatic rings. The Morgan fingerprint density at radius 1 is 0.839 bits per heavy atom. The van der Waals surface area contributed by atoms with E-state index in [1.807, 2.05) is 24.3 Å². The van der Waals surface area contributed by atoms with Crippen LogP contribution in [0.4, 0.5) is 4.79 Å². The maximum Gasteiger partial charge on any atom is 0.326 e. The summed E-state index contributed by atoms with van der Waals surface area (Å²) in [4.78, 5) is 30.4. The van der Waals surface area contributed by atoms with Gasteiger partial charge in [0.05, 0.1) is 20.9 Å². The average Bonchev–Trinajstić information content (AvgIpc) is 3.05. The van der Waals surface area contributed by atoms with Gasteiger partial charge in [-0.05, 0) is 61.3 Å². The third-order valence-electron chi connectivity index (χ3n) is 5.57. The van der Waals surface area contributed by atoms with Crippen molar-refractivity contribution >= 4 is 11.9 Å². The number of methoxy groups -OCH3 is 2. The van der Waals surface area contributed by atoms with Gasteiger partial charge in [-0.2, -0.15) is 0 Å². The summed E-state index contributed by atoms with van der Waals surface area (Å²) >= 11 is 0. The number of hydrogen-bond donors (Lipinski definition) is 1. The SMILES string of the molecule is CCCN(CCC)CN1C(=O)NC(c2ccc(OC)cc2)(c2ccc(OC)cc2)C1=O. The summed E-state index contributed by atoms with van der Waals surface area (Å²) < 4.78 is 10.5. The lowest BCUT2D eigenvalue weighted by atomic mass is 9.82. The highest BCUT2D eigenvalue weighted by Crippen LogP contribution is 2.37. The van der Waals surface area contributed by atoms with E-state index in [0.29, 0.717) is 22.6 Å². The van der Waals surface area contributed by atoms with Crippen LogP contribution in [0.25, 0.3) is 0 Å². The topological polar surface area (TPSA) is 71.1 Å². The molecule has 2 aromatic rings. The second-order valence-electron chi connectivity index (χ2n) is 7.63. The minimum Gasteiger partial charge on any atom is -0.497 e. The molecule has 31 heavy (non-hydrogen) atoms. The first-order chi connectivity index (χ1) is 15.0. The van der Waals surface area contributed by atoms with Crippen LogP contribution >= 0.6 is 0 Å². The lowest BCUT2D eigenvalue weighted by Crippen LogP contribution is -2.46. The summed E-state index contributed by atoms with van der Waals surface area (Å²) in [6.45, 7) is 6.09. The molecule has 3 rings (SSSR count). The van der Waals surface area contributed by atoms with Crippen LogP contribution < -0.4 is 14.8 Å². The minimum atomic E-state index is -1.31. The summed E-state index contributed by atoms with van der Waals surface area (Å²) in [5.74, 6) is 1.07. The molecule has 7 heteroatoms. The van der Waals surface area contributed by atoms with E-state index in [9.17, 15) is 9.59 Å². The molecule has 1 fully saturated rings. The molecule has 1 heterocycles. The van der Waals surface area contributed by atoms with Crippen molar-refractivity contribution in [2.75, 3.05) is 34.0 Å². The Hall–Kier alpha value is -3.06. The van der Waals surface area contributed by atoms with E-state index < -0.39 is 11.6 Å². The Morgan fingerprint density at radius 3 is 1.68 bits per heavy atom. The van der Waals surface area contributed by atoms with Gasteiger partial charge < -0.3 is 14.8 Å². The summed E-state index contributed by atoms with van der Waals surface area (Å²) in [7, 11) is 3.18. The lowest BCUT2D eigenvalue weighted by Gasteiger charge is -2.29. The molecule has 0 aliphatic carbocycles.